The molecule has 0 saturated heterocycles. The zero-order valence-corrected chi connectivity index (χ0v) is 12.2. The third-order valence-corrected chi connectivity index (χ3v) is 3.53. The number of hydrogen-bond donors (Lipinski definition) is 1. The third kappa shape index (κ3) is 4.34. The molecule has 106 valence electrons. The van der Waals surface area contributed by atoms with E-state index in [0.717, 1.165) is 11.1 Å². The molecule has 0 aliphatic rings. The lowest BCUT2D eigenvalue weighted by molar-refractivity contribution is -0.123. The maximum absolute atomic E-state index is 12.1. The molecule has 0 spiro atoms. The summed E-state index contributed by atoms with van der Waals surface area (Å²) < 4.78 is 0. The second-order valence-electron chi connectivity index (χ2n) is 4.68. The monoisotopic (exact) mass is 298 g/mol. The van der Waals surface area contributed by atoms with Gasteiger partial charge in [0.25, 0.3) is 0 Å². The number of nitriles is 1. The Bertz CT molecular complexity index is 649. The summed E-state index contributed by atoms with van der Waals surface area (Å²) in [6, 6.07) is 18.9. The second kappa shape index (κ2) is 7.47. The van der Waals surface area contributed by atoms with E-state index in [1.165, 1.54) is 0 Å². The molecule has 1 N–H and O–H groups in total. The maximum atomic E-state index is 12.1. The van der Waals surface area contributed by atoms with Gasteiger partial charge in [0.15, 0.2) is 0 Å². The van der Waals surface area contributed by atoms with Gasteiger partial charge in [0, 0.05) is 11.6 Å². The van der Waals surface area contributed by atoms with Crippen LogP contribution in [0.3, 0.4) is 0 Å². The first-order valence-corrected chi connectivity index (χ1v) is 7.03. The van der Waals surface area contributed by atoms with Crippen LogP contribution in [0.5, 0.6) is 0 Å². The summed E-state index contributed by atoms with van der Waals surface area (Å²) in [6.07, 6.45) is 0.408. The molecular formula is C17H15ClN2O. The quantitative estimate of drug-likeness (QED) is 0.920. The fourth-order valence-corrected chi connectivity index (χ4v) is 2.20. The van der Waals surface area contributed by atoms with Gasteiger partial charge in [-0.1, -0.05) is 60.1 Å². The van der Waals surface area contributed by atoms with Crippen molar-refractivity contribution < 1.29 is 4.79 Å². The van der Waals surface area contributed by atoms with Crippen LogP contribution in [-0.4, -0.2) is 5.91 Å². The predicted octanol–water partition coefficient (Wildman–Crippen LogP) is 3.34. The molecule has 21 heavy (non-hydrogen) atoms. The highest BCUT2D eigenvalue weighted by Crippen LogP contribution is 2.15. The average Bonchev–Trinajstić information content (AvgIpc) is 2.52. The van der Waals surface area contributed by atoms with E-state index in [1.54, 1.807) is 6.07 Å². The zero-order chi connectivity index (χ0) is 15.1. The van der Waals surface area contributed by atoms with Crippen molar-refractivity contribution in [3.63, 3.8) is 0 Å². The molecular weight excluding hydrogens is 284 g/mol. The molecule has 2 rings (SSSR count). The van der Waals surface area contributed by atoms with Crippen LogP contribution in [0, 0.1) is 17.2 Å². The molecule has 1 amide bonds. The van der Waals surface area contributed by atoms with Gasteiger partial charge in [0.2, 0.25) is 5.91 Å². The van der Waals surface area contributed by atoms with Crippen molar-refractivity contribution in [2.24, 2.45) is 5.92 Å². The van der Waals surface area contributed by atoms with Crippen LogP contribution in [0.15, 0.2) is 54.6 Å². The summed E-state index contributed by atoms with van der Waals surface area (Å²) in [4.78, 5) is 12.1. The number of carbonyl (C=O) groups is 1. The Morgan fingerprint density at radius 2 is 1.81 bits per heavy atom. The van der Waals surface area contributed by atoms with Gasteiger partial charge in [0.05, 0.1) is 6.07 Å². The normalized spacial score (nSPS) is 11.4. The van der Waals surface area contributed by atoms with E-state index in [2.05, 4.69) is 11.4 Å². The summed E-state index contributed by atoms with van der Waals surface area (Å²) >= 11 is 6.03. The van der Waals surface area contributed by atoms with Gasteiger partial charge in [-0.2, -0.15) is 5.26 Å². The van der Waals surface area contributed by atoms with Crippen molar-refractivity contribution in [2.45, 2.75) is 13.0 Å². The molecule has 0 saturated carbocycles. The molecule has 1 atom stereocenters. The number of benzene rings is 2. The smallest absolute Gasteiger partial charge is 0.237 e. The second-order valence-corrected chi connectivity index (χ2v) is 5.09. The standard InChI is InChI=1S/C17H15ClN2O/c18-16-9-5-4-8-14(16)12-20-17(21)15(11-19)10-13-6-2-1-3-7-13/h1-9,15H,10,12H2,(H,20,21). The Morgan fingerprint density at radius 1 is 1.14 bits per heavy atom. The molecule has 0 heterocycles. The van der Waals surface area contributed by atoms with Crippen LogP contribution in [0.2, 0.25) is 5.02 Å². The third-order valence-electron chi connectivity index (χ3n) is 3.17. The van der Waals surface area contributed by atoms with Crippen LogP contribution in [0.4, 0.5) is 0 Å². The first-order chi connectivity index (χ1) is 10.2. The largest absolute Gasteiger partial charge is 0.351 e. The van der Waals surface area contributed by atoms with E-state index >= 15 is 0 Å². The predicted molar refractivity (Wildman–Crippen MR) is 82.5 cm³/mol. The lowest BCUT2D eigenvalue weighted by Crippen LogP contribution is -2.30. The summed E-state index contributed by atoms with van der Waals surface area (Å²) in [5.74, 6) is -0.976. The first kappa shape index (κ1) is 15.1. The number of nitrogens with zero attached hydrogens (tertiary/aromatic N) is 1. The van der Waals surface area contributed by atoms with E-state index in [9.17, 15) is 10.1 Å². The number of nitrogens with one attached hydrogen (secondary N) is 1. The summed E-state index contributed by atoms with van der Waals surface area (Å²) in [7, 11) is 0. The van der Waals surface area contributed by atoms with Crippen molar-refractivity contribution in [1.29, 1.82) is 5.26 Å². The molecule has 0 aliphatic heterocycles. The van der Waals surface area contributed by atoms with Gasteiger partial charge in [-0.3, -0.25) is 4.79 Å². The van der Waals surface area contributed by atoms with Gasteiger partial charge in [-0.05, 0) is 23.6 Å². The Kier molecular flexibility index (Phi) is 5.36. The van der Waals surface area contributed by atoms with E-state index in [0.29, 0.717) is 18.0 Å². The van der Waals surface area contributed by atoms with Crippen molar-refractivity contribution in [3.8, 4) is 6.07 Å². The molecule has 0 radical (unpaired) electrons. The van der Waals surface area contributed by atoms with Gasteiger partial charge < -0.3 is 5.32 Å². The molecule has 4 heteroatoms. The number of rotatable bonds is 5. The summed E-state index contributed by atoms with van der Waals surface area (Å²) in [5.41, 5.74) is 1.81. The minimum Gasteiger partial charge on any atom is -0.351 e. The summed E-state index contributed by atoms with van der Waals surface area (Å²) in [6.45, 7) is 0.325. The lowest BCUT2D eigenvalue weighted by atomic mass is 10.00. The maximum Gasteiger partial charge on any atom is 0.237 e. The SMILES string of the molecule is N#CC(Cc1ccccc1)C(=O)NCc1ccccc1Cl. The topological polar surface area (TPSA) is 52.9 Å². The number of amides is 1. The lowest BCUT2D eigenvalue weighted by Gasteiger charge is -2.11. The van der Waals surface area contributed by atoms with Gasteiger partial charge in [-0.25, -0.2) is 0 Å². The highest BCUT2D eigenvalue weighted by Gasteiger charge is 2.18. The van der Waals surface area contributed by atoms with Gasteiger partial charge in [-0.15, -0.1) is 0 Å². The fourth-order valence-electron chi connectivity index (χ4n) is 1.99. The molecule has 2 aromatic carbocycles. The Balaban J connectivity index is 1.95. The van der Waals surface area contributed by atoms with Crippen LogP contribution in [0.25, 0.3) is 0 Å². The van der Waals surface area contributed by atoms with Crippen LogP contribution < -0.4 is 5.32 Å². The average molecular weight is 299 g/mol. The number of hydrogen-bond acceptors (Lipinski definition) is 2. The van der Waals surface area contributed by atoms with E-state index < -0.39 is 5.92 Å². The fraction of sp³-hybridized carbons (Fsp3) is 0.176. The molecule has 1 unspecified atom stereocenters. The molecule has 0 aliphatic carbocycles. The Hall–Kier alpha value is -2.31. The number of halogens is 1. The van der Waals surface area contributed by atoms with E-state index in [4.69, 9.17) is 11.6 Å². The van der Waals surface area contributed by atoms with Gasteiger partial charge >= 0.3 is 0 Å². The highest BCUT2D eigenvalue weighted by atomic mass is 35.5. The molecule has 2 aromatic rings. The van der Waals surface area contributed by atoms with Crippen molar-refractivity contribution in [2.75, 3.05) is 0 Å². The van der Waals surface area contributed by atoms with Gasteiger partial charge in [0.1, 0.15) is 5.92 Å². The molecule has 3 nitrogen and oxygen atoms in total. The van der Waals surface area contributed by atoms with Crippen molar-refractivity contribution in [1.82, 2.24) is 5.32 Å². The zero-order valence-electron chi connectivity index (χ0n) is 11.4. The minimum atomic E-state index is -0.699. The van der Waals surface area contributed by atoms with E-state index in [-0.39, 0.29) is 5.91 Å². The highest BCUT2D eigenvalue weighted by molar-refractivity contribution is 6.31. The van der Waals surface area contributed by atoms with Crippen molar-refractivity contribution in [3.05, 3.63) is 70.7 Å². The van der Waals surface area contributed by atoms with E-state index in [1.807, 2.05) is 48.5 Å². The van der Waals surface area contributed by atoms with Crippen molar-refractivity contribution >= 4 is 17.5 Å². The van der Waals surface area contributed by atoms with Crippen LogP contribution in [-0.2, 0) is 17.8 Å². The minimum absolute atomic E-state index is 0.277. The Labute approximate surface area is 129 Å². The van der Waals surface area contributed by atoms with Crippen LogP contribution >= 0.6 is 11.6 Å². The molecule has 0 bridgehead atoms. The molecule has 0 fully saturated rings. The first-order valence-electron chi connectivity index (χ1n) is 6.65. The van der Waals surface area contributed by atoms with Crippen LogP contribution in [0.1, 0.15) is 11.1 Å². The Morgan fingerprint density at radius 3 is 2.48 bits per heavy atom. The summed E-state index contributed by atoms with van der Waals surface area (Å²) in [5, 5.41) is 12.5. The number of carbonyl (C=O) groups excluding carboxylic acids is 1. The molecule has 0 aromatic heterocycles.